The molecule has 0 fully saturated rings. The van der Waals surface area contributed by atoms with Gasteiger partial charge in [0.15, 0.2) is 11.6 Å². The summed E-state index contributed by atoms with van der Waals surface area (Å²) < 4.78 is 36.5. The highest BCUT2D eigenvalue weighted by Crippen LogP contribution is 2.40. The van der Waals surface area contributed by atoms with Crippen LogP contribution in [0.15, 0.2) is 34.5 Å². The van der Waals surface area contributed by atoms with Crippen LogP contribution in [0.25, 0.3) is 0 Å². The van der Waals surface area contributed by atoms with Crippen LogP contribution in [-0.2, 0) is 19.1 Å². The lowest BCUT2D eigenvalue weighted by atomic mass is 9.75. The number of nitrogens with zero attached hydrogens (tertiary/aromatic N) is 1. The summed E-state index contributed by atoms with van der Waals surface area (Å²) in [5.41, 5.74) is 1.15. The number of allylic oxidation sites excluding steroid dienone is 1. The summed E-state index contributed by atoms with van der Waals surface area (Å²) in [4.78, 5) is 28.7. The third-order valence-electron chi connectivity index (χ3n) is 3.99. The highest BCUT2D eigenvalue weighted by Gasteiger charge is 2.42. The van der Waals surface area contributed by atoms with Crippen LogP contribution in [0.2, 0.25) is 0 Å². The molecule has 5 nitrogen and oxygen atoms in total. The van der Waals surface area contributed by atoms with Crippen molar-refractivity contribution in [3.8, 4) is 0 Å². The molecule has 0 spiro atoms. The van der Waals surface area contributed by atoms with Crippen molar-refractivity contribution in [3.05, 3.63) is 46.7 Å². The van der Waals surface area contributed by atoms with Crippen molar-refractivity contribution >= 4 is 17.7 Å². The first-order valence-electron chi connectivity index (χ1n) is 7.18. The Labute approximate surface area is 138 Å². The minimum absolute atomic E-state index is 0.115. The van der Waals surface area contributed by atoms with E-state index in [9.17, 15) is 18.4 Å². The fraction of sp³-hybridized carbons (Fsp3) is 0.353. The molecule has 1 aromatic rings. The van der Waals surface area contributed by atoms with Crippen molar-refractivity contribution in [1.82, 2.24) is 0 Å². The number of benzene rings is 1. The fourth-order valence-electron chi connectivity index (χ4n) is 2.91. The summed E-state index contributed by atoms with van der Waals surface area (Å²) in [5.74, 6) is -5.21. The SMILES string of the molecule is COC(=O)C1=C(C)N=C(C)C(C(=O)OC)C1c1ccc(F)c(F)c1. The molecule has 0 saturated carbocycles. The number of ether oxygens (including phenoxy) is 2. The summed E-state index contributed by atoms with van der Waals surface area (Å²) >= 11 is 0. The third kappa shape index (κ3) is 3.06. The van der Waals surface area contributed by atoms with Gasteiger partial charge in [0.1, 0.15) is 5.92 Å². The molecule has 24 heavy (non-hydrogen) atoms. The second kappa shape index (κ2) is 6.90. The molecule has 0 saturated heterocycles. The van der Waals surface area contributed by atoms with Crippen LogP contribution in [0, 0.1) is 17.6 Å². The van der Waals surface area contributed by atoms with E-state index < -0.39 is 35.4 Å². The maximum absolute atomic E-state index is 13.7. The van der Waals surface area contributed by atoms with E-state index in [4.69, 9.17) is 9.47 Å². The highest BCUT2D eigenvalue weighted by molar-refractivity contribution is 6.06. The number of aliphatic imine (C=N–C) groups is 1. The maximum Gasteiger partial charge on any atom is 0.336 e. The summed E-state index contributed by atoms with van der Waals surface area (Å²) in [5, 5.41) is 0. The van der Waals surface area contributed by atoms with Gasteiger partial charge in [-0.25, -0.2) is 13.6 Å². The smallest absolute Gasteiger partial charge is 0.336 e. The van der Waals surface area contributed by atoms with Gasteiger partial charge in [0, 0.05) is 17.3 Å². The molecule has 0 amide bonds. The number of carbonyl (C=O) groups is 2. The highest BCUT2D eigenvalue weighted by atomic mass is 19.2. The number of rotatable bonds is 3. The van der Waals surface area contributed by atoms with Gasteiger partial charge in [-0.1, -0.05) is 6.07 Å². The first-order valence-corrected chi connectivity index (χ1v) is 7.18. The molecule has 2 atom stereocenters. The van der Waals surface area contributed by atoms with E-state index in [0.29, 0.717) is 11.4 Å². The lowest BCUT2D eigenvalue weighted by molar-refractivity contribution is -0.143. The first kappa shape index (κ1) is 17.8. The Morgan fingerprint density at radius 2 is 1.75 bits per heavy atom. The third-order valence-corrected chi connectivity index (χ3v) is 3.99. The number of hydrogen-bond acceptors (Lipinski definition) is 5. The van der Waals surface area contributed by atoms with Crippen molar-refractivity contribution in [2.45, 2.75) is 19.8 Å². The van der Waals surface area contributed by atoms with Crippen LogP contribution in [0.3, 0.4) is 0 Å². The van der Waals surface area contributed by atoms with E-state index in [1.165, 1.54) is 20.3 Å². The normalized spacial score (nSPS) is 20.5. The quantitative estimate of drug-likeness (QED) is 0.796. The molecule has 2 unspecified atom stereocenters. The van der Waals surface area contributed by atoms with E-state index >= 15 is 0 Å². The largest absolute Gasteiger partial charge is 0.468 e. The zero-order valence-corrected chi connectivity index (χ0v) is 13.7. The summed E-state index contributed by atoms with van der Waals surface area (Å²) in [6.07, 6.45) is 0. The minimum atomic E-state index is -1.07. The number of carbonyl (C=O) groups excluding carboxylic acids is 2. The molecule has 7 heteroatoms. The van der Waals surface area contributed by atoms with E-state index in [0.717, 1.165) is 12.1 Å². The minimum Gasteiger partial charge on any atom is -0.468 e. The molecule has 0 bridgehead atoms. The number of esters is 2. The van der Waals surface area contributed by atoms with E-state index in [2.05, 4.69) is 4.99 Å². The summed E-state index contributed by atoms with van der Waals surface area (Å²) in [6.45, 7) is 3.21. The monoisotopic (exact) mass is 337 g/mol. The fourth-order valence-corrected chi connectivity index (χ4v) is 2.91. The first-order chi connectivity index (χ1) is 11.3. The molecule has 0 aliphatic carbocycles. The Morgan fingerprint density at radius 1 is 1.08 bits per heavy atom. The van der Waals surface area contributed by atoms with Crippen LogP contribution in [0.5, 0.6) is 0 Å². The Morgan fingerprint density at radius 3 is 2.29 bits per heavy atom. The van der Waals surface area contributed by atoms with E-state index in [1.54, 1.807) is 13.8 Å². The summed E-state index contributed by atoms with van der Waals surface area (Å²) in [7, 11) is 2.41. The van der Waals surface area contributed by atoms with Crippen LogP contribution in [0.1, 0.15) is 25.3 Å². The van der Waals surface area contributed by atoms with Crippen molar-refractivity contribution in [1.29, 1.82) is 0 Å². The van der Waals surface area contributed by atoms with Gasteiger partial charge in [0.2, 0.25) is 0 Å². The lowest BCUT2D eigenvalue weighted by Crippen LogP contribution is -2.36. The number of hydrogen-bond donors (Lipinski definition) is 0. The number of halogens is 2. The van der Waals surface area contributed by atoms with Crippen LogP contribution >= 0.6 is 0 Å². The van der Waals surface area contributed by atoms with Gasteiger partial charge in [-0.05, 0) is 31.5 Å². The zero-order chi connectivity index (χ0) is 18.0. The average molecular weight is 337 g/mol. The molecule has 0 radical (unpaired) electrons. The second-order valence-corrected chi connectivity index (χ2v) is 5.40. The molecule has 0 aromatic heterocycles. The molecular weight excluding hydrogens is 320 g/mol. The molecule has 1 aromatic carbocycles. The molecule has 128 valence electrons. The molecule has 0 N–H and O–H groups in total. The van der Waals surface area contributed by atoms with Crippen molar-refractivity contribution in [2.24, 2.45) is 10.9 Å². The van der Waals surface area contributed by atoms with Gasteiger partial charge in [-0.15, -0.1) is 0 Å². The average Bonchev–Trinajstić information content (AvgIpc) is 2.55. The Balaban J connectivity index is 2.69. The Bertz CT molecular complexity index is 755. The summed E-state index contributed by atoms with van der Waals surface area (Å²) in [6, 6.07) is 3.24. The standard InChI is InChI=1S/C17H17F2NO4/c1-8-13(16(21)23-3)15(10-5-6-11(18)12(19)7-10)14(9(2)20-8)17(22)24-4/h5-7,13,15H,1-4H3. The molecule has 1 aliphatic heterocycles. The molecular formula is C17H17F2NO4. The lowest BCUT2D eigenvalue weighted by Gasteiger charge is -2.31. The Kier molecular flexibility index (Phi) is 5.11. The van der Waals surface area contributed by atoms with Crippen LogP contribution < -0.4 is 0 Å². The van der Waals surface area contributed by atoms with Crippen molar-refractivity contribution < 1.29 is 27.8 Å². The van der Waals surface area contributed by atoms with Crippen molar-refractivity contribution in [3.63, 3.8) is 0 Å². The molecule has 1 aliphatic rings. The maximum atomic E-state index is 13.7. The van der Waals surface area contributed by atoms with Gasteiger partial charge in [-0.2, -0.15) is 0 Å². The number of methoxy groups -OCH3 is 2. The van der Waals surface area contributed by atoms with E-state index in [1.807, 2.05) is 0 Å². The zero-order valence-electron chi connectivity index (χ0n) is 13.7. The Hall–Kier alpha value is -2.57. The van der Waals surface area contributed by atoms with Gasteiger partial charge >= 0.3 is 11.9 Å². The van der Waals surface area contributed by atoms with Gasteiger partial charge in [0.05, 0.1) is 19.8 Å². The van der Waals surface area contributed by atoms with E-state index in [-0.39, 0.29) is 11.1 Å². The van der Waals surface area contributed by atoms with Crippen molar-refractivity contribution in [2.75, 3.05) is 14.2 Å². The molecule has 2 rings (SSSR count). The van der Waals surface area contributed by atoms with Crippen LogP contribution in [0.4, 0.5) is 8.78 Å². The van der Waals surface area contributed by atoms with Gasteiger partial charge < -0.3 is 9.47 Å². The van der Waals surface area contributed by atoms with Gasteiger partial charge in [0.25, 0.3) is 0 Å². The second-order valence-electron chi connectivity index (χ2n) is 5.40. The molecule has 1 heterocycles. The van der Waals surface area contributed by atoms with Gasteiger partial charge in [-0.3, -0.25) is 9.79 Å². The predicted octanol–water partition coefficient (Wildman–Crippen LogP) is 2.76. The predicted molar refractivity (Wildman–Crippen MR) is 82.4 cm³/mol. The topological polar surface area (TPSA) is 65.0 Å². The van der Waals surface area contributed by atoms with Crippen LogP contribution in [-0.4, -0.2) is 31.9 Å².